The van der Waals surface area contributed by atoms with Gasteiger partial charge < -0.3 is 15.0 Å². The van der Waals surface area contributed by atoms with Gasteiger partial charge in [-0.2, -0.15) is 13.2 Å². The Balaban J connectivity index is 1.68. The first kappa shape index (κ1) is 18.0. The van der Waals surface area contributed by atoms with E-state index in [2.05, 4.69) is 5.32 Å². The van der Waals surface area contributed by atoms with E-state index < -0.39 is 23.8 Å². The molecule has 7 heteroatoms. The summed E-state index contributed by atoms with van der Waals surface area (Å²) in [5.74, 6) is -0.670. The Morgan fingerprint density at radius 2 is 1.96 bits per heavy atom. The van der Waals surface area contributed by atoms with Gasteiger partial charge in [0.15, 0.2) is 0 Å². The van der Waals surface area contributed by atoms with Gasteiger partial charge in [-0.15, -0.1) is 0 Å². The van der Waals surface area contributed by atoms with Crippen LogP contribution in [-0.2, 0) is 13.2 Å². The van der Waals surface area contributed by atoms with E-state index in [0.717, 1.165) is 23.0 Å². The Morgan fingerprint density at radius 1 is 1.19 bits per heavy atom. The van der Waals surface area contributed by atoms with Gasteiger partial charge in [0.25, 0.3) is 5.91 Å². The highest BCUT2D eigenvalue weighted by atomic mass is 19.4. The van der Waals surface area contributed by atoms with E-state index in [4.69, 9.17) is 0 Å². The zero-order chi connectivity index (χ0) is 18.9. The Labute approximate surface area is 147 Å². The summed E-state index contributed by atoms with van der Waals surface area (Å²) in [7, 11) is 1.91. The number of benzene rings is 2. The first-order chi connectivity index (χ1) is 12.3. The predicted molar refractivity (Wildman–Crippen MR) is 91.7 cm³/mol. The maximum absolute atomic E-state index is 12.7. The third kappa shape index (κ3) is 3.72. The van der Waals surface area contributed by atoms with Gasteiger partial charge in [-0.1, -0.05) is 12.1 Å². The molecule has 136 valence electrons. The Kier molecular flexibility index (Phi) is 4.73. The molecule has 1 unspecified atom stereocenters. The van der Waals surface area contributed by atoms with Gasteiger partial charge in [-0.25, -0.2) is 0 Å². The average Bonchev–Trinajstić information content (AvgIpc) is 2.99. The number of aliphatic hydroxyl groups is 1. The molecule has 26 heavy (non-hydrogen) atoms. The maximum atomic E-state index is 12.7. The van der Waals surface area contributed by atoms with Gasteiger partial charge in [0, 0.05) is 30.9 Å². The molecule has 1 amide bonds. The number of amides is 1. The molecule has 0 aliphatic rings. The van der Waals surface area contributed by atoms with Gasteiger partial charge >= 0.3 is 6.18 Å². The number of nitrogens with zero attached hydrogens (tertiary/aromatic N) is 1. The summed E-state index contributed by atoms with van der Waals surface area (Å²) < 4.78 is 40.1. The van der Waals surface area contributed by atoms with Crippen LogP contribution in [0.5, 0.6) is 0 Å². The summed E-state index contributed by atoms with van der Waals surface area (Å²) in [5.41, 5.74) is 0.632. The van der Waals surface area contributed by atoms with E-state index in [1.54, 1.807) is 6.07 Å². The third-order valence-electron chi connectivity index (χ3n) is 4.20. The molecule has 2 N–H and O–H groups in total. The average molecular weight is 362 g/mol. The minimum atomic E-state index is -4.51. The second-order valence-electron chi connectivity index (χ2n) is 6.05. The van der Waals surface area contributed by atoms with Crippen LogP contribution < -0.4 is 5.32 Å². The molecule has 1 aromatic heterocycles. The maximum Gasteiger partial charge on any atom is 0.416 e. The summed E-state index contributed by atoms with van der Waals surface area (Å²) in [6.07, 6.45) is -3.58. The normalized spacial score (nSPS) is 13.0. The molecule has 0 spiro atoms. The molecule has 3 rings (SSSR count). The van der Waals surface area contributed by atoms with E-state index in [1.807, 2.05) is 36.0 Å². The van der Waals surface area contributed by atoms with Crippen molar-refractivity contribution in [2.75, 3.05) is 6.54 Å². The lowest BCUT2D eigenvalue weighted by Crippen LogP contribution is -2.28. The standard InChI is InChI=1S/C19H17F3N2O2/c1-24-8-7-12-9-13(5-6-16(12)24)17(25)11-23-18(26)14-3-2-4-15(10-14)19(20,21)22/h2-10,17,25H,11H2,1H3,(H,23,26). The number of halogens is 3. The number of aromatic nitrogens is 1. The number of rotatable bonds is 4. The highest BCUT2D eigenvalue weighted by Crippen LogP contribution is 2.29. The number of hydrogen-bond acceptors (Lipinski definition) is 2. The zero-order valence-corrected chi connectivity index (χ0v) is 13.9. The van der Waals surface area contributed by atoms with Crippen LogP contribution in [0.2, 0.25) is 0 Å². The topological polar surface area (TPSA) is 54.3 Å². The fourth-order valence-electron chi connectivity index (χ4n) is 2.75. The monoisotopic (exact) mass is 362 g/mol. The summed E-state index contributed by atoms with van der Waals surface area (Å²) in [4.78, 5) is 12.1. The molecule has 0 aliphatic heterocycles. The minimum Gasteiger partial charge on any atom is -0.387 e. The second kappa shape index (κ2) is 6.84. The predicted octanol–water partition coefficient (Wildman–Crippen LogP) is 3.66. The van der Waals surface area contributed by atoms with Crippen molar-refractivity contribution in [2.45, 2.75) is 12.3 Å². The molecular formula is C19H17F3N2O2. The Bertz CT molecular complexity index is 947. The summed E-state index contributed by atoms with van der Waals surface area (Å²) in [6, 6.07) is 11.5. The van der Waals surface area contributed by atoms with E-state index in [0.29, 0.717) is 5.56 Å². The van der Waals surface area contributed by atoms with Crippen LogP contribution in [-0.4, -0.2) is 22.1 Å². The van der Waals surface area contributed by atoms with Gasteiger partial charge in [0.05, 0.1) is 11.7 Å². The smallest absolute Gasteiger partial charge is 0.387 e. The molecular weight excluding hydrogens is 345 g/mol. The number of carbonyl (C=O) groups excluding carboxylic acids is 1. The molecule has 2 aromatic carbocycles. The first-order valence-electron chi connectivity index (χ1n) is 7.94. The van der Waals surface area contributed by atoms with Crippen molar-refractivity contribution in [3.63, 3.8) is 0 Å². The van der Waals surface area contributed by atoms with Crippen LogP contribution in [0.1, 0.15) is 27.6 Å². The Hall–Kier alpha value is -2.80. The van der Waals surface area contributed by atoms with Crippen molar-refractivity contribution in [2.24, 2.45) is 7.05 Å². The molecule has 0 aliphatic carbocycles. The highest BCUT2D eigenvalue weighted by Gasteiger charge is 2.30. The van der Waals surface area contributed by atoms with Gasteiger partial charge in [-0.05, 0) is 47.3 Å². The van der Waals surface area contributed by atoms with Gasteiger partial charge in [0.1, 0.15) is 0 Å². The summed E-state index contributed by atoms with van der Waals surface area (Å²) in [5, 5.41) is 13.7. The van der Waals surface area contributed by atoms with E-state index in [1.165, 1.54) is 12.1 Å². The van der Waals surface area contributed by atoms with Gasteiger partial charge in [-0.3, -0.25) is 4.79 Å². The molecule has 0 fully saturated rings. The summed E-state index contributed by atoms with van der Waals surface area (Å²) >= 11 is 0. The van der Waals surface area contributed by atoms with Gasteiger partial charge in [0.2, 0.25) is 0 Å². The number of aliphatic hydroxyl groups excluding tert-OH is 1. The van der Waals surface area contributed by atoms with Crippen LogP contribution in [0.4, 0.5) is 13.2 Å². The lowest BCUT2D eigenvalue weighted by molar-refractivity contribution is -0.137. The molecule has 1 heterocycles. The van der Waals surface area contributed by atoms with E-state index in [9.17, 15) is 23.1 Å². The van der Waals surface area contributed by atoms with Crippen LogP contribution >= 0.6 is 0 Å². The Morgan fingerprint density at radius 3 is 2.69 bits per heavy atom. The fraction of sp³-hybridized carbons (Fsp3) is 0.211. The second-order valence-corrected chi connectivity index (χ2v) is 6.05. The molecule has 1 atom stereocenters. The molecule has 0 bridgehead atoms. The van der Waals surface area contributed by atoms with Crippen molar-refractivity contribution in [1.82, 2.24) is 9.88 Å². The lowest BCUT2D eigenvalue weighted by Gasteiger charge is -2.13. The SMILES string of the molecule is Cn1ccc2cc(C(O)CNC(=O)c3cccc(C(F)(F)F)c3)ccc21. The molecule has 3 aromatic rings. The van der Waals surface area contributed by atoms with Crippen molar-refractivity contribution in [3.05, 3.63) is 71.4 Å². The van der Waals surface area contributed by atoms with E-state index in [-0.39, 0.29) is 12.1 Å². The number of aryl methyl sites for hydroxylation is 1. The lowest BCUT2D eigenvalue weighted by atomic mass is 10.1. The van der Waals surface area contributed by atoms with Crippen LogP contribution in [0.25, 0.3) is 10.9 Å². The number of nitrogens with one attached hydrogen (secondary N) is 1. The van der Waals surface area contributed by atoms with Crippen molar-refractivity contribution >= 4 is 16.8 Å². The number of hydrogen-bond donors (Lipinski definition) is 2. The van der Waals surface area contributed by atoms with E-state index >= 15 is 0 Å². The summed E-state index contributed by atoms with van der Waals surface area (Å²) in [6.45, 7) is -0.104. The van der Waals surface area contributed by atoms with Crippen molar-refractivity contribution < 1.29 is 23.1 Å². The largest absolute Gasteiger partial charge is 0.416 e. The molecule has 4 nitrogen and oxygen atoms in total. The van der Waals surface area contributed by atoms with Crippen molar-refractivity contribution in [1.29, 1.82) is 0 Å². The van der Waals surface area contributed by atoms with Crippen LogP contribution in [0.15, 0.2) is 54.7 Å². The molecule has 0 radical (unpaired) electrons. The van der Waals surface area contributed by atoms with Crippen LogP contribution in [0.3, 0.4) is 0 Å². The number of alkyl halides is 3. The fourth-order valence-corrected chi connectivity index (χ4v) is 2.75. The quantitative estimate of drug-likeness (QED) is 0.744. The first-order valence-corrected chi connectivity index (χ1v) is 7.94. The molecule has 0 saturated heterocycles. The molecule has 0 saturated carbocycles. The van der Waals surface area contributed by atoms with Crippen LogP contribution in [0, 0.1) is 0 Å². The third-order valence-corrected chi connectivity index (χ3v) is 4.20. The zero-order valence-electron chi connectivity index (χ0n) is 13.9. The highest BCUT2D eigenvalue weighted by molar-refractivity contribution is 5.94. The van der Waals surface area contributed by atoms with Crippen molar-refractivity contribution in [3.8, 4) is 0 Å². The minimum absolute atomic E-state index is 0.104. The number of carbonyl (C=O) groups is 1. The number of fused-ring (bicyclic) bond motifs is 1.